The van der Waals surface area contributed by atoms with Crippen LogP contribution in [0.25, 0.3) is 22.4 Å². The molecule has 152 valence electrons. The lowest BCUT2D eigenvalue weighted by atomic mass is 9.98. The van der Waals surface area contributed by atoms with Gasteiger partial charge in [-0.3, -0.25) is 0 Å². The summed E-state index contributed by atoms with van der Waals surface area (Å²) in [5.41, 5.74) is 6.42. The zero-order chi connectivity index (χ0) is 20.9. The zero-order valence-corrected chi connectivity index (χ0v) is 17.4. The van der Waals surface area contributed by atoms with Crippen molar-refractivity contribution in [3.8, 4) is 34.3 Å². The molecule has 2 heterocycles. The Kier molecular flexibility index (Phi) is 5.97. The highest BCUT2D eigenvalue weighted by Gasteiger charge is 2.17. The molecule has 5 nitrogen and oxygen atoms in total. The summed E-state index contributed by atoms with van der Waals surface area (Å²) in [4.78, 5) is 6.96. The minimum absolute atomic E-state index is 0.380. The standard InChI is InChI=1S/C25H25N3O2/c1-3-30-25-23(17-26)22(16-24(27-25)20-6-4-18(2)5-7-20)19-8-10-21(11-9-19)28-12-14-29-15-13-28/h4-11,16H,3,12-15H2,1-2H3. The van der Waals surface area contributed by atoms with E-state index in [4.69, 9.17) is 9.47 Å². The highest BCUT2D eigenvalue weighted by molar-refractivity contribution is 5.78. The fourth-order valence-corrected chi connectivity index (χ4v) is 3.64. The number of hydrogen-bond acceptors (Lipinski definition) is 5. The lowest BCUT2D eigenvalue weighted by Gasteiger charge is -2.29. The number of aryl methyl sites for hydroxylation is 1. The maximum Gasteiger partial charge on any atom is 0.232 e. The minimum Gasteiger partial charge on any atom is -0.477 e. The van der Waals surface area contributed by atoms with E-state index in [1.807, 2.05) is 25.1 Å². The first kappa shape index (κ1) is 19.9. The molecule has 1 aliphatic rings. The molecule has 30 heavy (non-hydrogen) atoms. The third kappa shape index (κ3) is 4.14. The number of ether oxygens (including phenoxy) is 2. The molecule has 2 aromatic carbocycles. The second-order valence-corrected chi connectivity index (χ2v) is 7.29. The van der Waals surface area contributed by atoms with Gasteiger partial charge in [-0.15, -0.1) is 0 Å². The molecular formula is C25H25N3O2. The fraction of sp³-hybridized carbons (Fsp3) is 0.280. The van der Waals surface area contributed by atoms with E-state index in [0.29, 0.717) is 18.1 Å². The molecule has 1 saturated heterocycles. The van der Waals surface area contributed by atoms with Crippen LogP contribution >= 0.6 is 0 Å². The number of hydrogen-bond donors (Lipinski definition) is 0. The van der Waals surface area contributed by atoms with E-state index in [1.54, 1.807) is 0 Å². The SMILES string of the molecule is CCOc1nc(-c2ccc(C)cc2)cc(-c2ccc(N3CCOCC3)cc2)c1C#N. The number of nitrogens with zero attached hydrogens (tertiary/aromatic N) is 3. The number of aromatic nitrogens is 1. The maximum atomic E-state index is 9.85. The van der Waals surface area contributed by atoms with Crippen LogP contribution in [-0.2, 0) is 4.74 Å². The summed E-state index contributed by atoms with van der Waals surface area (Å²) in [5, 5.41) is 9.85. The lowest BCUT2D eigenvalue weighted by Crippen LogP contribution is -2.36. The molecule has 4 rings (SSSR count). The van der Waals surface area contributed by atoms with Gasteiger partial charge in [0, 0.05) is 29.9 Å². The molecule has 1 aromatic heterocycles. The summed E-state index contributed by atoms with van der Waals surface area (Å²) < 4.78 is 11.2. The third-order valence-corrected chi connectivity index (χ3v) is 5.28. The average molecular weight is 399 g/mol. The van der Waals surface area contributed by atoms with Gasteiger partial charge in [0.25, 0.3) is 0 Å². The molecule has 0 bridgehead atoms. The van der Waals surface area contributed by atoms with Gasteiger partial charge in [-0.05, 0) is 37.6 Å². The van der Waals surface area contributed by atoms with Crippen LogP contribution in [0.4, 0.5) is 5.69 Å². The lowest BCUT2D eigenvalue weighted by molar-refractivity contribution is 0.122. The molecule has 0 unspecified atom stereocenters. The van der Waals surface area contributed by atoms with Gasteiger partial charge in [-0.25, -0.2) is 4.98 Å². The molecule has 1 aliphatic heterocycles. The molecule has 0 atom stereocenters. The highest BCUT2D eigenvalue weighted by atomic mass is 16.5. The molecule has 0 saturated carbocycles. The third-order valence-electron chi connectivity index (χ3n) is 5.28. The van der Waals surface area contributed by atoms with Gasteiger partial charge in [0.15, 0.2) is 0 Å². The van der Waals surface area contributed by atoms with Gasteiger partial charge in [0.2, 0.25) is 5.88 Å². The van der Waals surface area contributed by atoms with E-state index < -0.39 is 0 Å². The summed E-state index contributed by atoms with van der Waals surface area (Å²) in [6.45, 7) is 7.70. The molecule has 0 N–H and O–H groups in total. The van der Waals surface area contributed by atoms with Crippen molar-refractivity contribution in [3.63, 3.8) is 0 Å². The van der Waals surface area contributed by atoms with Crippen LogP contribution < -0.4 is 9.64 Å². The Morgan fingerprint density at radius 3 is 2.33 bits per heavy atom. The Morgan fingerprint density at radius 1 is 1.03 bits per heavy atom. The van der Waals surface area contributed by atoms with Crippen molar-refractivity contribution in [2.24, 2.45) is 0 Å². The van der Waals surface area contributed by atoms with Crippen LogP contribution in [0.2, 0.25) is 0 Å². The second kappa shape index (κ2) is 8.98. The van der Waals surface area contributed by atoms with Crippen LogP contribution in [0.3, 0.4) is 0 Å². The van der Waals surface area contributed by atoms with E-state index >= 15 is 0 Å². The van der Waals surface area contributed by atoms with Crippen LogP contribution in [0.15, 0.2) is 54.6 Å². The first-order valence-corrected chi connectivity index (χ1v) is 10.3. The van der Waals surface area contributed by atoms with Gasteiger partial charge < -0.3 is 14.4 Å². The Bertz CT molecular complexity index is 1050. The second-order valence-electron chi connectivity index (χ2n) is 7.29. The minimum atomic E-state index is 0.380. The monoisotopic (exact) mass is 399 g/mol. The van der Waals surface area contributed by atoms with Crippen molar-refractivity contribution in [2.75, 3.05) is 37.8 Å². The van der Waals surface area contributed by atoms with Crippen LogP contribution in [0.1, 0.15) is 18.1 Å². The van der Waals surface area contributed by atoms with E-state index in [2.05, 4.69) is 59.3 Å². The molecule has 0 radical (unpaired) electrons. The van der Waals surface area contributed by atoms with Gasteiger partial charge in [-0.1, -0.05) is 42.0 Å². The summed E-state index contributed by atoms with van der Waals surface area (Å²) >= 11 is 0. The van der Waals surface area contributed by atoms with Gasteiger partial charge in [0.05, 0.1) is 25.5 Å². The van der Waals surface area contributed by atoms with Crippen molar-refractivity contribution >= 4 is 5.69 Å². The molecule has 0 spiro atoms. The Balaban J connectivity index is 1.77. The Morgan fingerprint density at radius 2 is 1.70 bits per heavy atom. The quantitative estimate of drug-likeness (QED) is 0.615. The molecule has 5 heteroatoms. The van der Waals surface area contributed by atoms with Crippen LogP contribution in [-0.4, -0.2) is 37.9 Å². The number of morpholine rings is 1. The smallest absolute Gasteiger partial charge is 0.232 e. The number of rotatable bonds is 5. The first-order chi connectivity index (χ1) is 14.7. The maximum absolute atomic E-state index is 9.85. The topological polar surface area (TPSA) is 58.4 Å². The molecular weight excluding hydrogens is 374 g/mol. The van der Waals surface area contributed by atoms with E-state index in [0.717, 1.165) is 48.7 Å². The van der Waals surface area contributed by atoms with E-state index in [1.165, 1.54) is 11.3 Å². The van der Waals surface area contributed by atoms with Crippen molar-refractivity contribution in [3.05, 3.63) is 65.7 Å². The number of benzene rings is 2. The van der Waals surface area contributed by atoms with E-state index in [9.17, 15) is 5.26 Å². The van der Waals surface area contributed by atoms with Crippen molar-refractivity contribution in [1.82, 2.24) is 4.98 Å². The van der Waals surface area contributed by atoms with Crippen molar-refractivity contribution in [2.45, 2.75) is 13.8 Å². The summed E-state index contributed by atoms with van der Waals surface area (Å²) in [6, 6.07) is 20.8. The van der Waals surface area contributed by atoms with Crippen molar-refractivity contribution < 1.29 is 9.47 Å². The highest BCUT2D eigenvalue weighted by Crippen LogP contribution is 2.34. The van der Waals surface area contributed by atoms with Crippen molar-refractivity contribution in [1.29, 1.82) is 5.26 Å². The van der Waals surface area contributed by atoms with Crippen LogP contribution in [0.5, 0.6) is 5.88 Å². The Labute approximate surface area is 177 Å². The molecule has 0 amide bonds. The predicted octanol–water partition coefficient (Wildman–Crippen LogP) is 4.83. The number of nitriles is 1. The predicted molar refractivity (Wildman–Crippen MR) is 119 cm³/mol. The number of pyridine rings is 1. The van der Waals surface area contributed by atoms with E-state index in [-0.39, 0.29) is 0 Å². The van der Waals surface area contributed by atoms with Crippen LogP contribution in [0, 0.1) is 18.3 Å². The van der Waals surface area contributed by atoms with Gasteiger partial charge in [0.1, 0.15) is 11.6 Å². The molecule has 3 aromatic rings. The first-order valence-electron chi connectivity index (χ1n) is 10.3. The van der Waals surface area contributed by atoms with Gasteiger partial charge in [-0.2, -0.15) is 5.26 Å². The molecule has 0 aliphatic carbocycles. The average Bonchev–Trinajstić information content (AvgIpc) is 2.80. The molecule has 1 fully saturated rings. The van der Waals surface area contributed by atoms with Gasteiger partial charge >= 0.3 is 0 Å². The summed E-state index contributed by atoms with van der Waals surface area (Å²) in [7, 11) is 0. The summed E-state index contributed by atoms with van der Waals surface area (Å²) in [5.74, 6) is 0.380. The Hall–Kier alpha value is -3.36. The summed E-state index contributed by atoms with van der Waals surface area (Å²) in [6.07, 6.45) is 0. The largest absolute Gasteiger partial charge is 0.477 e. The zero-order valence-electron chi connectivity index (χ0n) is 17.4. The fourth-order valence-electron chi connectivity index (χ4n) is 3.64. The number of anilines is 1. The normalized spacial score (nSPS) is 13.7.